The van der Waals surface area contributed by atoms with Gasteiger partial charge in [0.1, 0.15) is 5.75 Å². The number of hydrogen-bond acceptors (Lipinski definition) is 3. The van der Waals surface area contributed by atoms with Crippen molar-refractivity contribution in [2.45, 2.75) is 13.5 Å². The lowest BCUT2D eigenvalue weighted by Crippen LogP contribution is -2.38. The van der Waals surface area contributed by atoms with Gasteiger partial charge in [-0.3, -0.25) is 0 Å². The van der Waals surface area contributed by atoms with Gasteiger partial charge in [0.25, 0.3) is 0 Å². The van der Waals surface area contributed by atoms with E-state index < -0.39 is 0 Å². The van der Waals surface area contributed by atoms with Crippen molar-refractivity contribution in [3.63, 3.8) is 0 Å². The van der Waals surface area contributed by atoms with Crippen LogP contribution in [0.15, 0.2) is 18.2 Å². The average Bonchev–Trinajstić information content (AvgIpc) is 2.35. The highest BCUT2D eigenvalue weighted by Gasteiger charge is 2.07. The molecular weight excluding hydrogens is 232 g/mol. The number of ether oxygens (including phenoxy) is 1. The summed E-state index contributed by atoms with van der Waals surface area (Å²) in [5, 5.41) is 11.5. The molecule has 0 fully saturated rings. The van der Waals surface area contributed by atoms with E-state index in [9.17, 15) is 4.79 Å². The molecule has 5 nitrogen and oxygen atoms in total. The van der Waals surface area contributed by atoms with Crippen LogP contribution in [0.4, 0.5) is 4.79 Å². The van der Waals surface area contributed by atoms with Crippen LogP contribution < -0.4 is 10.1 Å². The maximum atomic E-state index is 11.6. The van der Waals surface area contributed by atoms with Gasteiger partial charge in [0.2, 0.25) is 0 Å². The Morgan fingerprint density at radius 3 is 2.78 bits per heavy atom. The molecule has 100 valence electrons. The van der Waals surface area contributed by atoms with Gasteiger partial charge in [-0.15, -0.1) is 0 Å². The third kappa shape index (κ3) is 4.25. The van der Waals surface area contributed by atoms with Crippen molar-refractivity contribution < 1.29 is 14.6 Å². The number of methoxy groups -OCH3 is 1. The van der Waals surface area contributed by atoms with E-state index in [0.717, 1.165) is 16.9 Å². The van der Waals surface area contributed by atoms with Crippen LogP contribution in [0.5, 0.6) is 5.75 Å². The Kier molecular flexibility index (Phi) is 5.45. The number of hydrogen-bond donors (Lipinski definition) is 2. The number of urea groups is 1. The number of nitrogens with one attached hydrogen (secondary N) is 1. The summed E-state index contributed by atoms with van der Waals surface area (Å²) in [7, 11) is 3.26. The zero-order valence-electron chi connectivity index (χ0n) is 11.1. The Bertz CT molecular complexity index is 407. The number of carbonyl (C=O) groups excluding carboxylic acids is 1. The number of aliphatic hydroxyl groups excluding tert-OH is 1. The topological polar surface area (TPSA) is 61.8 Å². The normalized spacial score (nSPS) is 10.0. The Hall–Kier alpha value is -1.75. The molecule has 0 aliphatic heterocycles. The molecule has 1 aromatic carbocycles. The first kappa shape index (κ1) is 14.3. The van der Waals surface area contributed by atoms with Crippen LogP contribution in [0.3, 0.4) is 0 Å². The van der Waals surface area contributed by atoms with Gasteiger partial charge >= 0.3 is 6.03 Å². The number of carbonyl (C=O) groups is 1. The molecule has 2 amide bonds. The molecule has 0 saturated heterocycles. The fraction of sp³-hybridized carbons (Fsp3) is 0.462. The molecule has 5 heteroatoms. The molecule has 0 bridgehead atoms. The number of rotatable bonds is 5. The van der Waals surface area contributed by atoms with Gasteiger partial charge in [-0.05, 0) is 30.2 Å². The van der Waals surface area contributed by atoms with Crippen LogP contribution in [-0.2, 0) is 6.54 Å². The molecule has 0 unspecified atom stereocenters. The Balaban J connectivity index is 2.57. The van der Waals surface area contributed by atoms with Gasteiger partial charge in [0, 0.05) is 20.1 Å². The molecule has 1 rings (SSSR count). The number of benzene rings is 1. The van der Waals surface area contributed by atoms with Crippen molar-refractivity contribution >= 4 is 6.03 Å². The monoisotopic (exact) mass is 252 g/mol. The number of nitrogens with zero attached hydrogens (tertiary/aromatic N) is 1. The molecule has 18 heavy (non-hydrogen) atoms. The summed E-state index contributed by atoms with van der Waals surface area (Å²) in [6.07, 6.45) is 0. The van der Waals surface area contributed by atoms with Crippen molar-refractivity contribution in [3.8, 4) is 5.75 Å². The molecule has 0 heterocycles. The van der Waals surface area contributed by atoms with Gasteiger partial charge in [-0.25, -0.2) is 4.79 Å². The van der Waals surface area contributed by atoms with Crippen LogP contribution in [0.2, 0.25) is 0 Å². The lowest BCUT2D eigenvalue weighted by Gasteiger charge is -2.16. The van der Waals surface area contributed by atoms with Crippen molar-refractivity contribution in [1.29, 1.82) is 0 Å². The largest absolute Gasteiger partial charge is 0.497 e. The van der Waals surface area contributed by atoms with Gasteiger partial charge in [-0.1, -0.05) is 6.07 Å². The fourth-order valence-corrected chi connectivity index (χ4v) is 1.61. The van der Waals surface area contributed by atoms with Crippen LogP contribution in [0.1, 0.15) is 11.1 Å². The molecular formula is C13H20N2O3. The maximum Gasteiger partial charge on any atom is 0.317 e. The molecule has 0 saturated carbocycles. The van der Waals surface area contributed by atoms with Crippen LogP contribution in [-0.4, -0.2) is 43.3 Å². The molecule has 0 aliphatic carbocycles. The quantitative estimate of drug-likeness (QED) is 0.826. The first-order valence-corrected chi connectivity index (χ1v) is 5.81. The van der Waals surface area contributed by atoms with Crippen molar-refractivity contribution in [2.24, 2.45) is 0 Å². The number of aryl methyl sites for hydroxylation is 1. The Morgan fingerprint density at radius 2 is 2.17 bits per heavy atom. The summed E-state index contributed by atoms with van der Waals surface area (Å²) < 4.78 is 5.17. The standard InChI is InChI=1S/C13H20N2O3/c1-10-6-11(8-12(7-10)18-3)9-14-13(17)15(2)4-5-16/h6-8,16H,4-5,9H2,1-3H3,(H,14,17). The minimum absolute atomic E-state index is 0.0395. The summed E-state index contributed by atoms with van der Waals surface area (Å²) in [4.78, 5) is 13.1. The third-order valence-corrected chi connectivity index (χ3v) is 2.57. The van der Waals surface area contributed by atoms with E-state index in [1.54, 1.807) is 14.2 Å². The smallest absolute Gasteiger partial charge is 0.317 e. The summed E-state index contributed by atoms with van der Waals surface area (Å²) in [5.41, 5.74) is 2.07. The van der Waals surface area contributed by atoms with Crippen molar-refractivity contribution in [1.82, 2.24) is 10.2 Å². The predicted octanol–water partition coefficient (Wildman–Crippen LogP) is 1.14. The van der Waals surface area contributed by atoms with Crippen LogP contribution >= 0.6 is 0 Å². The van der Waals surface area contributed by atoms with Crippen molar-refractivity contribution in [2.75, 3.05) is 27.3 Å². The molecule has 1 aromatic rings. The third-order valence-electron chi connectivity index (χ3n) is 2.57. The number of aliphatic hydroxyl groups is 1. The maximum absolute atomic E-state index is 11.6. The molecule has 2 N–H and O–H groups in total. The van der Waals surface area contributed by atoms with E-state index in [1.807, 2.05) is 25.1 Å². The first-order chi connectivity index (χ1) is 8.56. The first-order valence-electron chi connectivity index (χ1n) is 5.81. The van der Waals surface area contributed by atoms with E-state index in [-0.39, 0.29) is 12.6 Å². The van der Waals surface area contributed by atoms with E-state index in [2.05, 4.69) is 5.32 Å². The van der Waals surface area contributed by atoms with E-state index in [0.29, 0.717) is 13.1 Å². The average molecular weight is 252 g/mol. The minimum Gasteiger partial charge on any atom is -0.497 e. The van der Waals surface area contributed by atoms with Gasteiger partial charge in [0.05, 0.1) is 13.7 Å². The Morgan fingerprint density at radius 1 is 1.44 bits per heavy atom. The molecule has 0 spiro atoms. The van der Waals surface area contributed by atoms with E-state index in [1.165, 1.54) is 4.90 Å². The second kappa shape index (κ2) is 6.86. The second-order valence-corrected chi connectivity index (χ2v) is 4.16. The molecule has 0 aromatic heterocycles. The molecule has 0 atom stereocenters. The van der Waals surface area contributed by atoms with E-state index >= 15 is 0 Å². The zero-order chi connectivity index (χ0) is 13.5. The van der Waals surface area contributed by atoms with Gasteiger partial charge in [0.15, 0.2) is 0 Å². The number of amides is 2. The molecule has 0 radical (unpaired) electrons. The highest BCUT2D eigenvalue weighted by Crippen LogP contribution is 2.16. The van der Waals surface area contributed by atoms with Crippen LogP contribution in [0.25, 0.3) is 0 Å². The van der Waals surface area contributed by atoms with Gasteiger partial charge < -0.3 is 20.1 Å². The lowest BCUT2D eigenvalue weighted by atomic mass is 10.1. The SMILES string of the molecule is COc1cc(C)cc(CNC(=O)N(C)CCO)c1. The zero-order valence-corrected chi connectivity index (χ0v) is 11.1. The minimum atomic E-state index is -0.204. The Labute approximate surface area is 107 Å². The van der Waals surface area contributed by atoms with Gasteiger partial charge in [-0.2, -0.15) is 0 Å². The highest BCUT2D eigenvalue weighted by molar-refractivity contribution is 5.73. The fourth-order valence-electron chi connectivity index (χ4n) is 1.61. The highest BCUT2D eigenvalue weighted by atomic mass is 16.5. The summed E-state index contributed by atoms with van der Waals surface area (Å²) in [6.45, 7) is 2.70. The number of likely N-dealkylation sites (N-methyl/N-ethyl adjacent to an activating group) is 1. The summed E-state index contributed by atoms with van der Waals surface area (Å²) in [5.74, 6) is 0.781. The summed E-state index contributed by atoms with van der Waals surface area (Å²) in [6, 6.07) is 5.61. The second-order valence-electron chi connectivity index (χ2n) is 4.16. The molecule has 0 aliphatic rings. The van der Waals surface area contributed by atoms with E-state index in [4.69, 9.17) is 9.84 Å². The predicted molar refractivity (Wildman–Crippen MR) is 69.7 cm³/mol. The van der Waals surface area contributed by atoms with Crippen LogP contribution in [0, 0.1) is 6.92 Å². The van der Waals surface area contributed by atoms with Crippen molar-refractivity contribution in [3.05, 3.63) is 29.3 Å². The summed E-state index contributed by atoms with van der Waals surface area (Å²) >= 11 is 0. The lowest BCUT2D eigenvalue weighted by molar-refractivity contribution is 0.190.